The van der Waals surface area contributed by atoms with E-state index in [1.807, 2.05) is 13.8 Å². The Morgan fingerprint density at radius 2 is 2.05 bits per heavy atom. The Bertz CT molecular complexity index is 521. The molecule has 0 saturated heterocycles. The van der Waals surface area contributed by atoms with E-state index < -0.39 is 5.97 Å². The van der Waals surface area contributed by atoms with E-state index in [0.717, 1.165) is 0 Å². The lowest BCUT2D eigenvalue weighted by Gasteiger charge is -2.24. The van der Waals surface area contributed by atoms with Crippen molar-refractivity contribution < 1.29 is 14.3 Å². The SMILES string of the molecule is CCOC(=O)CN(CC(C)C)C(=O)c1cc(Cl)ncc1Cl. The molecule has 1 rings (SSSR count). The van der Waals surface area contributed by atoms with Gasteiger partial charge in [-0.05, 0) is 18.9 Å². The number of pyridine rings is 1. The zero-order valence-corrected chi connectivity index (χ0v) is 13.7. The molecule has 0 unspecified atom stereocenters. The van der Waals surface area contributed by atoms with Crippen molar-refractivity contribution in [2.45, 2.75) is 20.8 Å². The predicted molar refractivity (Wildman–Crippen MR) is 81.6 cm³/mol. The van der Waals surface area contributed by atoms with Crippen molar-refractivity contribution >= 4 is 35.1 Å². The number of amides is 1. The minimum atomic E-state index is -0.456. The van der Waals surface area contributed by atoms with Gasteiger partial charge in [-0.1, -0.05) is 37.0 Å². The van der Waals surface area contributed by atoms with Crippen LogP contribution in [0.2, 0.25) is 10.2 Å². The number of halogens is 2. The number of hydrogen-bond acceptors (Lipinski definition) is 4. The number of aromatic nitrogens is 1. The third kappa shape index (κ3) is 5.52. The first-order valence-electron chi connectivity index (χ1n) is 6.61. The molecule has 0 N–H and O–H groups in total. The molecule has 1 aromatic rings. The van der Waals surface area contributed by atoms with E-state index in [4.69, 9.17) is 27.9 Å². The molecule has 0 bridgehead atoms. The number of hydrogen-bond donors (Lipinski definition) is 0. The summed E-state index contributed by atoms with van der Waals surface area (Å²) in [5.74, 6) is -0.631. The standard InChI is InChI=1S/C14H18Cl2N2O3/c1-4-21-13(19)8-18(7-9(2)3)14(20)10-5-12(16)17-6-11(10)15/h5-6,9H,4,7-8H2,1-3H3. The molecule has 21 heavy (non-hydrogen) atoms. The molecular formula is C14H18Cl2N2O3. The second kappa shape index (κ2) is 8.20. The van der Waals surface area contributed by atoms with E-state index >= 15 is 0 Å². The molecule has 0 fully saturated rings. The first-order valence-corrected chi connectivity index (χ1v) is 7.36. The Morgan fingerprint density at radius 1 is 1.38 bits per heavy atom. The first kappa shape index (κ1) is 17.7. The van der Waals surface area contributed by atoms with E-state index in [1.54, 1.807) is 6.92 Å². The van der Waals surface area contributed by atoms with Crippen LogP contribution in [0, 0.1) is 5.92 Å². The summed E-state index contributed by atoms with van der Waals surface area (Å²) in [4.78, 5) is 29.4. The Kier molecular flexibility index (Phi) is 6.92. The number of carbonyl (C=O) groups is 2. The summed E-state index contributed by atoms with van der Waals surface area (Å²) in [6, 6.07) is 1.39. The highest BCUT2D eigenvalue weighted by Crippen LogP contribution is 2.20. The maximum Gasteiger partial charge on any atom is 0.325 e. The average Bonchev–Trinajstić information content (AvgIpc) is 2.39. The third-order valence-electron chi connectivity index (χ3n) is 2.55. The molecule has 0 aliphatic heterocycles. The quantitative estimate of drug-likeness (QED) is 0.593. The van der Waals surface area contributed by atoms with Crippen LogP contribution >= 0.6 is 23.2 Å². The topological polar surface area (TPSA) is 59.5 Å². The second-order valence-corrected chi connectivity index (χ2v) is 5.67. The normalized spacial score (nSPS) is 10.6. The van der Waals surface area contributed by atoms with Gasteiger partial charge in [-0.3, -0.25) is 9.59 Å². The van der Waals surface area contributed by atoms with Crippen LogP contribution in [0.3, 0.4) is 0 Å². The molecule has 1 amide bonds. The Balaban J connectivity index is 2.98. The maximum absolute atomic E-state index is 12.5. The highest BCUT2D eigenvalue weighted by atomic mass is 35.5. The minimum Gasteiger partial charge on any atom is -0.465 e. The van der Waals surface area contributed by atoms with Gasteiger partial charge >= 0.3 is 5.97 Å². The van der Waals surface area contributed by atoms with E-state index in [0.29, 0.717) is 6.54 Å². The highest BCUT2D eigenvalue weighted by molar-refractivity contribution is 6.35. The monoisotopic (exact) mass is 332 g/mol. The third-order valence-corrected chi connectivity index (χ3v) is 3.06. The fourth-order valence-electron chi connectivity index (χ4n) is 1.77. The van der Waals surface area contributed by atoms with Gasteiger partial charge in [0.2, 0.25) is 0 Å². The van der Waals surface area contributed by atoms with Gasteiger partial charge in [0.1, 0.15) is 11.7 Å². The lowest BCUT2D eigenvalue weighted by atomic mass is 10.1. The molecule has 0 aromatic carbocycles. The van der Waals surface area contributed by atoms with Gasteiger partial charge in [0.25, 0.3) is 5.91 Å². The van der Waals surface area contributed by atoms with Gasteiger partial charge in [0.05, 0.1) is 17.2 Å². The molecule has 116 valence electrons. The lowest BCUT2D eigenvalue weighted by Crippen LogP contribution is -2.39. The summed E-state index contributed by atoms with van der Waals surface area (Å²) in [5.41, 5.74) is 0.224. The number of esters is 1. The van der Waals surface area contributed by atoms with Crippen molar-refractivity contribution in [3.63, 3.8) is 0 Å². The fraction of sp³-hybridized carbons (Fsp3) is 0.500. The summed E-state index contributed by atoms with van der Waals surface area (Å²) >= 11 is 11.8. The Hall–Kier alpha value is -1.33. The highest BCUT2D eigenvalue weighted by Gasteiger charge is 2.23. The van der Waals surface area contributed by atoms with Crippen LogP contribution in [0.15, 0.2) is 12.3 Å². The maximum atomic E-state index is 12.5. The summed E-state index contributed by atoms with van der Waals surface area (Å²) in [5, 5.41) is 0.366. The Morgan fingerprint density at radius 3 is 2.62 bits per heavy atom. The van der Waals surface area contributed by atoms with Crippen molar-refractivity contribution in [2.75, 3.05) is 19.7 Å². The van der Waals surface area contributed by atoms with Gasteiger partial charge in [-0.2, -0.15) is 0 Å². The molecule has 7 heteroatoms. The van der Waals surface area contributed by atoms with E-state index in [-0.39, 0.29) is 40.7 Å². The molecule has 0 saturated carbocycles. The molecule has 1 aromatic heterocycles. The zero-order valence-electron chi connectivity index (χ0n) is 12.2. The minimum absolute atomic E-state index is 0.124. The molecule has 0 aliphatic carbocycles. The van der Waals surface area contributed by atoms with Crippen LogP contribution in [0.25, 0.3) is 0 Å². The average molecular weight is 333 g/mol. The molecule has 1 heterocycles. The van der Waals surface area contributed by atoms with Gasteiger partial charge in [0, 0.05) is 12.7 Å². The van der Waals surface area contributed by atoms with Crippen LogP contribution in [0.1, 0.15) is 31.1 Å². The number of ether oxygens (including phenoxy) is 1. The van der Waals surface area contributed by atoms with Crippen LogP contribution in [-0.2, 0) is 9.53 Å². The summed E-state index contributed by atoms with van der Waals surface area (Å²) < 4.78 is 4.89. The molecule has 5 nitrogen and oxygen atoms in total. The van der Waals surface area contributed by atoms with Crippen LogP contribution in [-0.4, -0.2) is 41.5 Å². The smallest absolute Gasteiger partial charge is 0.325 e. The van der Waals surface area contributed by atoms with E-state index in [2.05, 4.69) is 4.98 Å². The van der Waals surface area contributed by atoms with Crippen molar-refractivity contribution in [3.8, 4) is 0 Å². The van der Waals surface area contributed by atoms with E-state index in [1.165, 1.54) is 17.2 Å². The first-order chi connectivity index (χ1) is 9.85. The van der Waals surface area contributed by atoms with Crippen LogP contribution < -0.4 is 0 Å². The second-order valence-electron chi connectivity index (χ2n) is 4.87. The summed E-state index contributed by atoms with van der Waals surface area (Å²) in [7, 11) is 0. The number of nitrogens with zero attached hydrogens (tertiary/aromatic N) is 2. The van der Waals surface area contributed by atoms with Crippen molar-refractivity contribution in [1.82, 2.24) is 9.88 Å². The van der Waals surface area contributed by atoms with Crippen LogP contribution in [0.4, 0.5) is 0 Å². The molecule has 0 radical (unpaired) electrons. The molecule has 0 spiro atoms. The van der Waals surface area contributed by atoms with Gasteiger partial charge < -0.3 is 9.64 Å². The molecule has 0 atom stereocenters. The van der Waals surface area contributed by atoms with Gasteiger partial charge in [-0.15, -0.1) is 0 Å². The Labute approximate surface area is 134 Å². The predicted octanol–water partition coefficient (Wildman–Crippen LogP) is 3.05. The van der Waals surface area contributed by atoms with Gasteiger partial charge in [-0.25, -0.2) is 4.98 Å². The zero-order chi connectivity index (χ0) is 16.0. The molecular weight excluding hydrogens is 315 g/mol. The van der Waals surface area contributed by atoms with E-state index in [9.17, 15) is 9.59 Å². The van der Waals surface area contributed by atoms with Crippen LogP contribution in [0.5, 0.6) is 0 Å². The largest absolute Gasteiger partial charge is 0.465 e. The van der Waals surface area contributed by atoms with Crippen molar-refractivity contribution in [3.05, 3.63) is 28.0 Å². The number of rotatable bonds is 6. The summed E-state index contributed by atoms with van der Waals surface area (Å²) in [6.07, 6.45) is 1.31. The van der Waals surface area contributed by atoms with Crippen molar-refractivity contribution in [1.29, 1.82) is 0 Å². The van der Waals surface area contributed by atoms with Gasteiger partial charge in [0.15, 0.2) is 0 Å². The lowest BCUT2D eigenvalue weighted by molar-refractivity contribution is -0.143. The number of carbonyl (C=O) groups excluding carboxylic acids is 2. The summed E-state index contributed by atoms with van der Waals surface area (Å²) in [6.45, 7) is 6.17. The molecule has 0 aliphatic rings. The fourth-order valence-corrected chi connectivity index (χ4v) is 2.11. The van der Waals surface area contributed by atoms with Crippen molar-refractivity contribution in [2.24, 2.45) is 5.92 Å².